The molecule has 1 aromatic heterocycles. The SMILES string of the molecule is CCCCCCCCCCCCCCOCCCC[n+]1ccsc1.[I-]. The van der Waals surface area contributed by atoms with Crippen molar-refractivity contribution < 1.29 is 33.3 Å². The maximum atomic E-state index is 5.74. The molecule has 0 atom stereocenters. The summed E-state index contributed by atoms with van der Waals surface area (Å²) >= 11 is 1.76. The first kappa shape index (κ1) is 25.3. The van der Waals surface area contributed by atoms with Crippen LogP contribution in [0.4, 0.5) is 0 Å². The molecule has 0 amide bonds. The standard InChI is InChI=1S/C21H40NOS.HI/c1-2-3-4-5-6-7-8-9-10-11-12-14-18-23-19-15-13-16-22-17-20-24-21-22;/h17,20-21H,2-16,18-19H2,1H3;1H/q+1;/p-1. The van der Waals surface area contributed by atoms with Gasteiger partial charge in [0.25, 0.3) is 0 Å². The highest BCUT2D eigenvalue weighted by atomic mass is 127. The molecule has 0 spiro atoms. The lowest BCUT2D eigenvalue weighted by Gasteiger charge is -2.04. The van der Waals surface area contributed by atoms with Gasteiger partial charge in [0.15, 0.2) is 6.20 Å². The van der Waals surface area contributed by atoms with E-state index in [1.165, 1.54) is 89.9 Å². The second-order valence-electron chi connectivity index (χ2n) is 6.97. The number of ether oxygens (including phenoxy) is 1. The van der Waals surface area contributed by atoms with E-state index in [4.69, 9.17) is 4.74 Å². The van der Waals surface area contributed by atoms with Crippen LogP contribution in [0.5, 0.6) is 0 Å². The lowest BCUT2D eigenvalue weighted by Crippen LogP contribution is -3.00. The van der Waals surface area contributed by atoms with Gasteiger partial charge < -0.3 is 28.7 Å². The summed E-state index contributed by atoms with van der Waals surface area (Å²) in [4.78, 5) is 0. The van der Waals surface area contributed by atoms with Crippen molar-refractivity contribution >= 4 is 11.3 Å². The Balaban J connectivity index is 0.00000576. The van der Waals surface area contributed by atoms with Crippen LogP contribution in [0.15, 0.2) is 17.1 Å². The molecular formula is C21H40INOS. The Bertz CT molecular complexity index is 346. The monoisotopic (exact) mass is 481 g/mol. The third-order valence-electron chi connectivity index (χ3n) is 4.62. The Labute approximate surface area is 177 Å². The first-order valence-corrected chi connectivity index (χ1v) is 11.4. The van der Waals surface area contributed by atoms with Gasteiger partial charge >= 0.3 is 0 Å². The van der Waals surface area contributed by atoms with Crippen molar-refractivity contribution in [3.05, 3.63) is 17.1 Å². The van der Waals surface area contributed by atoms with Crippen LogP contribution in [0, 0.1) is 0 Å². The lowest BCUT2D eigenvalue weighted by atomic mass is 10.1. The summed E-state index contributed by atoms with van der Waals surface area (Å²) in [6, 6.07) is 0. The molecule has 1 rings (SSSR count). The molecule has 0 aromatic carbocycles. The predicted molar refractivity (Wildman–Crippen MR) is 106 cm³/mol. The smallest absolute Gasteiger partial charge is 0.224 e. The molecule has 0 N–H and O–H groups in total. The molecule has 1 heterocycles. The van der Waals surface area contributed by atoms with Crippen LogP contribution in [-0.4, -0.2) is 13.2 Å². The quantitative estimate of drug-likeness (QED) is 0.178. The summed E-state index contributed by atoms with van der Waals surface area (Å²) in [5.41, 5.74) is 2.17. The molecule has 0 saturated carbocycles. The fraction of sp³-hybridized carbons (Fsp3) is 0.857. The highest BCUT2D eigenvalue weighted by Gasteiger charge is 1.99. The largest absolute Gasteiger partial charge is 1.00 e. The summed E-state index contributed by atoms with van der Waals surface area (Å²) < 4.78 is 8.00. The van der Waals surface area contributed by atoms with Crippen molar-refractivity contribution in [2.75, 3.05) is 13.2 Å². The summed E-state index contributed by atoms with van der Waals surface area (Å²) in [5.74, 6) is 0. The topological polar surface area (TPSA) is 13.1 Å². The normalized spacial score (nSPS) is 10.8. The molecular weight excluding hydrogens is 441 g/mol. The van der Waals surface area contributed by atoms with Crippen LogP contribution < -0.4 is 28.5 Å². The molecule has 0 bridgehead atoms. The van der Waals surface area contributed by atoms with Crippen molar-refractivity contribution in [1.29, 1.82) is 0 Å². The predicted octanol–water partition coefficient (Wildman–Crippen LogP) is 3.54. The van der Waals surface area contributed by atoms with Crippen LogP contribution in [-0.2, 0) is 11.3 Å². The number of aryl methyl sites for hydroxylation is 1. The molecule has 0 aliphatic carbocycles. The highest BCUT2D eigenvalue weighted by Crippen LogP contribution is 2.11. The number of unbranched alkanes of at least 4 members (excludes halogenated alkanes) is 12. The molecule has 0 radical (unpaired) electrons. The van der Waals surface area contributed by atoms with E-state index in [-0.39, 0.29) is 24.0 Å². The molecule has 0 aliphatic heterocycles. The van der Waals surface area contributed by atoms with Crippen molar-refractivity contribution in [2.45, 2.75) is 103 Å². The third kappa shape index (κ3) is 17.5. The second-order valence-corrected chi connectivity index (χ2v) is 7.73. The van der Waals surface area contributed by atoms with Gasteiger partial charge in [0.1, 0.15) is 6.54 Å². The zero-order chi connectivity index (χ0) is 17.1. The first-order chi connectivity index (χ1) is 11.9. The zero-order valence-electron chi connectivity index (χ0n) is 16.4. The summed E-state index contributed by atoms with van der Waals surface area (Å²) in [7, 11) is 0. The fourth-order valence-corrected chi connectivity index (χ4v) is 3.66. The van der Waals surface area contributed by atoms with Gasteiger partial charge in [-0.3, -0.25) is 0 Å². The summed E-state index contributed by atoms with van der Waals surface area (Å²) in [5, 5.41) is 2.13. The maximum absolute atomic E-state index is 5.74. The van der Waals surface area contributed by atoms with Crippen LogP contribution >= 0.6 is 11.3 Å². The molecule has 0 saturated heterocycles. The number of halogens is 1. The molecule has 2 nitrogen and oxygen atoms in total. The van der Waals surface area contributed by atoms with E-state index < -0.39 is 0 Å². The minimum absolute atomic E-state index is 0. The van der Waals surface area contributed by atoms with Gasteiger partial charge in [-0.1, -0.05) is 88.9 Å². The van der Waals surface area contributed by atoms with Crippen molar-refractivity contribution in [2.24, 2.45) is 0 Å². The zero-order valence-corrected chi connectivity index (χ0v) is 19.4. The number of rotatable bonds is 18. The van der Waals surface area contributed by atoms with Gasteiger partial charge in [0.2, 0.25) is 5.51 Å². The molecule has 4 heteroatoms. The highest BCUT2D eigenvalue weighted by molar-refractivity contribution is 7.07. The second kappa shape index (κ2) is 20.6. The van der Waals surface area contributed by atoms with Crippen LogP contribution in [0.3, 0.4) is 0 Å². The Kier molecular flexibility index (Phi) is 20.9. The first-order valence-electron chi connectivity index (χ1n) is 10.4. The number of hydrogen-bond acceptors (Lipinski definition) is 2. The summed E-state index contributed by atoms with van der Waals surface area (Å²) in [6.07, 6.45) is 21.5. The third-order valence-corrected chi connectivity index (χ3v) is 5.30. The van der Waals surface area contributed by atoms with Gasteiger partial charge in [0.05, 0.1) is 5.38 Å². The van der Waals surface area contributed by atoms with E-state index in [0.29, 0.717) is 0 Å². The molecule has 0 unspecified atom stereocenters. The van der Waals surface area contributed by atoms with Gasteiger partial charge in [-0.15, -0.1) is 0 Å². The number of aromatic nitrogens is 1. The van der Waals surface area contributed by atoms with Crippen molar-refractivity contribution in [3.63, 3.8) is 0 Å². The van der Waals surface area contributed by atoms with Crippen LogP contribution in [0.2, 0.25) is 0 Å². The number of thiazole rings is 1. The van der Waals surface area contributed by atoms with E-state index in [0.717, 1.165) is 19.8 Å². The maximum Gasteiger partial charge on any atom is 0.224 e. The Morgan fingerprint density at radius 1 is 0.720 bits per heavy atom. The molecule has 25 heavy (non-hydrogen) atoms. The minimum Gasteiger partial charge on any atom is -1.00 e. The molecule has 1 aromatic rings. The summed E-state index contributed by atoms with van der Waals surface area (Å²) in [6.45, 7) is 5.31. The van der Waals surface area contributed by atoms with Gasteiger partial charge in [-0.2, -0.15) is 4.57 Å². The fourth-order valence-electron chi connectivity index (χ4n) is 3.03. The number of hydrogen-bond donors (Lipinski definition) is 0. The molecule has 148 valence electrons. The van der Waals surface area contributed by atoms with Gasteiger partial charge in [-0.25, -0.2) is 0 Å². The van der Waals surface area contributed by atoms with Crippen molar-refractivity contribution in [3.8, 4) is 0 Å². The molecule has 0 fully saturated rings. The van der Waals surface area contributed by atoms with Gasteiger partial charge in [-0.05, 0) is 12.8 Å². The van der Waals surface area contributed by atoms with E-state index in [2.05, 4.69) is 28.6 Å². The minimum atomic E-state index is 0. The van der Waals surface area contributed by atoms with E-state index in [1.807, 2.05) is 0 Å². The van der Waals surface area contributed by atoms with E-state index >= 15 is 0 Å². The van der Waals surface area contributed by atoms with E-state index in [1.54, 1.807) is 11.3 Å². The molecule has 0 aliphatic rings. The average molecular weight is 482 g/mol. The van der Waals surface area contributed by atoms with Crippen molar-refractivity contribution in [1.82, 2.24) is 0 Å². The Morgan fingerprint density at radius 3 is 1.76 bits per heavy atom. The van der Waals surface area contributed by atoms with Crippen LogP contribution in [0.25, 0.3) is 0 Å². The Hall–Kier alpha value is 0.320. The van der Waals surface area contributed by atoms with Gasteiger partial charge in [0, 0.05) is 19.6 Å². The Morgan fingerprint density at radius 2 is 1.24 bits per heavy atom. The van der Waals surface area contributed by atoms with Crippen LogP contribution in [0.1, 0.15) is 96.8 Å². The number of nitrogens with zero attached hydrogens (tertiary/aromatic N) is 1. The van der Waals surface area contributed by atoms with E-state index in [9.17, 15) is 0 Å². The average Bonchev–Trinajstić information content (AvgIpc) is 3.11. The lowest BCUT2D eigenvalue weighted by molar-refractivity contribution is -0.692.